The van der Waals surface area contributed by atoms with Gasteiger partial charge in [-0.05, 0) is 43.4 Å². The topological polar surface area (TPSA) is 50.3 Å². The van der Waals surface area contributed by atoms with Crippen LogP contribution in [0.3, 0.4) is 0 Å². The number of nitrogens with one attached hydrogen (secondary N) is 1. The van der Waals surface area contributed by atoms with Gasteiger partial charge in [-0.1, -0.05) is 42.5 Å². The van der Waals surface area contributed by atoms with Crippen LogP contribution >= 0.6 is 0 Å². The van der Waals surface area contributed by atoms with E-state index in [2.05, 4.69) is 34.5 Å². The summed E-state index contributed by atoms with van der Waals surface area (Å²) in [5.41, 5.74) is 3.32. The highest BCUT2D eigenvalue weighted by Crippen LogP contribution is 2.24. The van der Waals surface area contributed by atoms with Crippen LogP contribution in [-0.2, 0) is 6.42 Å². The van der Waals surface area contributed by atoms with Gasteiger partial charge in [0.15, 0.2) is 0 Å². The maximum Gasteiger partial charge on any atom is 0.227 e. The molecule has 5 nitrogen and oxygen atoms in total. The minimum absolute atomic E-state index is 0.803. The molecule has 0 spiro atoms. The predicted octanol–water partition coefficient (Wildman–Crippen LogP) is 4.80. The lowest BCUT2D eigenvalue weighted by Crippen LogP contribution is -2.31. The van der Waals surface area contributed by atoms with Gasteiger partial charge in [-0.25, -0.2) is 4.98 Å². The molecule has 0 unspecified atom stereocenters. The summed E-state index contributed by atoms with van der Waals surface area (Å²) in [5.74, 6) is 2.60. The van der Waals surface area contributed by atoms with Gasteiger partial charge in [-0.15, -0.1) is 0 Å². The molecule has 1 aliphatic rings. The summed E-state index contributed by atoms with van der Waals surface area (Å²) in [6.45, 7) is 2.86. The molecule has 1 aromatic heterocycles. The highest BCUT2D eigenvalue weighted by atomic mass is 16.5. The van der Waals surface area contributed by atoms with Crippen LogP contribution in [0.25, 0.3) is 11.3 Å². The number of hydrogen-bond acceptors (Lipinski definition) is 5. The number of ether oxygens (including phenoxy) is 1. The first-order valence-electron chi connectivity index (χ1n) is 10.4. The average Bonchev–Trinajstić information content (AvgIpc) is 2.80. The van der Waals surface area contributed by atoms with Gasteiger partial charge >= 0.3 is 0 Å². The molecular weight excluding hydrogens is 360 g/mol. The number of hydrogen-bond donors (Lipinski definition) is 1. The van der Waals surface area contributed by atoms with Crippen LogP contribution in [-0.4, -0.2) is 36.7 Å². The fraction of sp³-hybridized carbons (Fsp3) is 0.333. The fourth-order valence-corrected chi connectivity index (χ4v) is 3.68. The summed E-state index contributed by atoms with van der Waals surface area (Å²) in [4.78, 5) is 12.0. The molecule has 0 bridgehead atoms. The maximum absolute atomic E-state index is 5.32. The van der Waals surface area contributed by atoms with Gasteiger partial charge in [-0.2, -0.15) is 4.98 Å². The lowest BCUT2D eigenvalue weighted by molar-refractivity contribution is 0.414. The number of methoxy groups -OCH3 is 1. The second-order valence-corrected chi connectivity index (χ2v) is 7.38. The van der Waals surface area contributed by atoms with E-state index >= 15 is 0 Å². The summed E-state index contributed by atoms with van der Waals surface area (Å²) >= 11 is 0. The van der Waals surface area contributed by atoms with E-state index in [1.54, 1.807) is 7.11 Å². The standard InChI is InChI=1S/C24H28N4O/c1-29-21-12-8-9-19(17-21)13-14-25-23-18-22(20-10-4-2-5-11-20)26-24(27-23)28-15-6-3-7-16-28/h2,4-5,8-12,17-18H,3,6-7,13-16H2,1H3,(H,25,26,27). The number of rotatable bonds is 7. The highest BCUT2D eigenvalue weighted by molar-refractivity contribution is 5.64. The van der Waals surface area contributed by atoms with Crippen molar-refractivity contribution in [1.29, 1.82) is 0 Å². The maximum atomic E-state index is 5.32. The number of piperidine rings is 1. The number of aromatic nitrogens is 2. The van der Waals surface area contributed by atoms with Crippen LogP contribution in [0.5, 0.6) is 5.75 Å². The molecule has 1 N–H and O–H groups in total. The number of benzene rings is 2. The molecule has 0 radical (unpaired) electrons. The Labute approximate surface area is 172 Å². The van der Waals surface area contributed by atoms with E-state index in [9.17, 15) is 0 Å². The molecule has 150 valence electrons. The average molecular weight is 389 g/mol. The largest absolute Gasteiger partial charge is 0.497 e. The lowest BCUT2D eigenvalue weighted by atomic mass is 10.1. The molecule has 2 aromatic carbocycles. The third-order valence-corrected chi connectivity index (χ3v) is 5.28. The lowest BCUT2D eigenvalue weighted by Gasteiger charge is -2.27. The molecule has 3 aromatic rings. The Balaban J connectivity index is 1.53. The fourth-order valence-electron chi connectivity index (χ4n) is 3.68. The zero-order valence-corrected chi connectivity index (χ0v) is 17.0. The molecule has 0 saturated carbocycles. The highest BCUT2D eigenvalue weighted by Gasteiger charge is 2.16. The second kappa shape index (κ2) is 9.41. The summed E-state index contributed by atoms with van der Waals surface area (Å²) in [5, 5.41) is 3.50. The van der Waals surface area contributed by atoms with Gasteiger partial charge < -0.3 is 15.0 Å². The molecule has 1 fully saturated rings. The summed E-state index contributed by atoms with van der Waals surface area (Å²) < 4.78 is 5.32. The van der Waals surface area contributed by atoms with Crippen molar-refractivity contribution >= 4 is 11.8 Å². The molecule has 2 heterocycles. The molecule has 4 rings (SSSR count). The minimum Gasteiger partial charge on any atom is -0.497 e. The van der Waals surface area contributed by atoms with Crippen LogP contribution in [0.15, 0.2) is 60.7 Å². The van der Waals surface area contributed by atoms with E-state index in [0.717, 1.165) is 54.8 Å². The van der Waals surface area contributed by atoms with E-state index in [0.29, 0.717) is 0 Å². The second-order valence-electron chi connectivity index (χ2n) is 7.38. The molecular formula is C24H28N4O. The first-order chi connectivity index (χ1) is 14.3. The molecule has 1 aliphatic heterocycles. The van der Waals surface area contributed by atoms with Crippen molar-refractivity contribution in [1.82, 2.24) is 9.97 Å². The Morgan fingerprint density at radius 1 is 0.931 bits per heavy atom. The molecule has 0 atom stereocenters. The zero-order valence-electron chi connectivity index (χ0n) is 17.0. The third-order valence-electron chi connectivity index (χ3n) is 5.28. The van der Waals surface area contributed by atoms with Crippen molar-refractivity contribution in [2.24, 2.45) is 0 Å². The Morgan fingerprint density at radius 3 is 2.55 bits per heavy atom. The van der Waals surface area contributed by atoms with Crippen molar-refractivity contribution in [3.8, 4) is 17.0 Å². The van der Waals surface area contributed by atoms with Crippen LogP contribution in [0, 0.1) is 0 Å². The van der Waals surface area contributed by atoms with Gasteiger partial charge in [0.25, 0.3) is 0 Å². The van der Waals surface area contributed by atoms with Gasteiger partial charge in [0.05, 0.1) is 12.8 Å². The van der Waals surface area contributed by atoms with Crippen LogP contribution in [0.1, 0.15) is 24.8 Å². The zero-order chi connectivity index (χ0) is 19.9. The summed E-state index contributed by atoms with van der Waals surface area (Å²) in [6.07, 6.45) is 4.61. The van der Waals surface area contributed by atoms with Gasteiger partial charge in [0.1, 0.15) is 11.6 Å². The van der Waals surface area contributed by atoms with Gasteiger partial charge in [-0.3, -0.25) is 0 Å². The number of anilines is 2. The Hall–Kier alpha value is -3.08. The van der Waals surface area contributed by atoms with Crippen LogP contribution in [0.4, 0.5) is 11.8 Å². The molecule has 0 aliphatic carbocycles. The predicted molar refractivity (Wildman–Crippen MR) is 119 cm³/mol. The van der Waals surface area contributed by atoms with E-state index in [4.69, 9.17) is 14.7 Å². The van der Waals surface area contributed by atoms with E-state index in [1.807, 2.05) is 36.4 Å². The van der Waals surface area contributed by atoms with Crippen molar-refractivity contribution in [3.63, 3.8) is 0 Å². The van der Waals surface area contributed by atoms with Crippen molar-refractivity contribution in [3.05, 3.63) is 66.2 Å². The Kier molecular flexibility index (Phi) is 6.25. The third kappa shape index (κ3) is 5.05. The molecule has 5 heteroatoms. The first kappa shape index (κ1) is 19.2. The monoisotopic (exact) mass is 388 g/mol. The van der Waals surface area contributed by atoms with Crippen LogP contribution in [0.2, 0.25) is 0 Å². The summed E-state index contributed by atoms with van der Waals surface area (Å²) in [7, 11) is 1.70. The van der Waals surface area contributed by atoms with Gasteiger partial charge in [0.2, 0.25) is 5.95 Å². The number of nitrogens with zero attached hydrogens (tertiary/aromatic N) is 3. The van der Waals surface area contributed by atoms with Crippen LogP contribution < -0.4 is 15.0 Å². The van der Waals surface area contributed by atoms with E-state index in [1.165, 1.54) is 24.8 Å². The van der Waals surface area contributed by atoms with Crippen molar-refractivity contribution in [2.75, 3.05) is 37.0 Å². The first-order valence-corrected chi connectivity index (χ1v) is 10.4. The van der Waals surface area contributed by atoms with Crippen molar-refractivity contribution < 1.29 is 4.74 Å². The SMILES string of the molecule is COc1cccc(CCNc2cc(-c3ccccc3)nc(N3CCCCC3)n2)c1. The Morgan fingerprint density at radius 2 is 1.76 bits per heavy atom. The van der Waals surface area contributed by atoms with E-state index in [-0.39, 0.29) is 0 Å². The minimum atomic E-state index is 0.803. The van der Waals surface area contributed by atoms with Gasteiger partial charge in [0, 0.05) is 31.3 Å². The quantitative estimate of drug-likeness (QED) is 0.630. The molecule has 29 heavy (non-hydrogen) atoms. The normalized spacial score (nSPS) is 13.9. The Bertz CT molecular complexity index is 923. The molecule has 0 amide bonds. The van der Waals surface area contributed by atoms with Crippen molar-refractivity contribution in [2.45, 2.75) is 25.7 Å². The summed E-state index contributed by atoms with van der Waals surface area (Å²) in [6, 6.07) is 20.6. The van der Waals surface area contributed by atoms with E-state index < -0.39 is 0 Å². The smallest absolute Gasteiger partial charge is 0.227 e. The molecule has 1 saturated heterocycles.